The van der Waals surface area contributed by atoms with Crippen LogP contribution in [0.3, 0.4) is 0 Å². The third-order valence-electron chi connectivity index (χ3n) is 1.56. The van der Waals surface area contributed by atoms with Crippen molar-refractivity contribution in [3.8, 4) is 0 Å². The molecule has 0 atom stereocenters. The van der Waals surface area contributed by atoms with Gasteiger partial charge in [0, 0.05) is 17.5 Å². The first-order chi connectivity index (χ1) is 5.27. The molecular formula is C9H12N2. The maximum Gasteiger partial charge on any atom is 0.136 e. The first kappa shape index (κ1) is 7.79. The molecule has 1 N–H and O–H groups in total. The van der Waals surface area contributed by atoms with Crippen LogP contribution in [0.2, 0.25) is 0 Å². The van der Waals surface area contributed by atoms with Gasteiger partial charge in [-0.3, -0.25) is 0 Å². The van der Waals surface area contributed by atoms with Gasteiger partial charge in [0.15, 0.2) is 0 Å². The van der Waals surface area contributed by atoms with Gasteiger partial charge in [-0.2, -0.15) is 0 Å². The quantitative estimate of drug-likeness (QED) is 0.654. The van der Waals surface area contributed by atoms with E-state index in [0.29, 0.717) is 0 Å². The van der Waals surface area contributed by atoms with Crippen LogP contribution >= 0.6 is 0 Å². The lowest BCUT2D eigenvalue weighted by Crippen LogP contribution is -1.82. The topological polar surface area (TPSA) is 28.7 Å². The SMILES string of the molecule is C=CC(=C)c1ncc(CC)[nH]1. The Morgan fingerprint density at radius 2 is 2.55 bits per heavy atom. The highest BCUT2D eigenvalue weighted by Gasteiger charge is 1.98. The zero-order valence-corrected chi connectivity index (χ0v) is 6.72. The van der Waals surface area contributed by atoms with Crippen LogP contribution in [0.4, 0.5) is 0 Å². The van der Waals surface area contributed by atoms with Crippen molar-refractivity contribution >= 4 is 5.57 Å². The monoisotopic (exact) mass is 148 g/mol. The highest BCUT2D eigenvalue weighted by molar-refractivity contribution is 5.66. The molecule has 0 aromatic carbocycles. The number of nitrogens with one attached hydrogen (secondary N) is 1. The van der Waals surface area contributed by atoms with Gasteiger partial charge in [0.1, 0.15) is 5.82 Å². The van der Waals surface area contributed by atoms with Gasteiger partial charge in [0.05, 0.1) is 0 Å². The van der Waals surface area contributed by atoms with Crippen molar-refractivity contribution < 1.29 is 0 Å². The third-order valence-corrected chi connectivity index (χ3v) is 1.56. The number of imidazole rings is 1. The Morgan fingerprint density at radius 3 is 3.00 bits per heavy atom. The Labute approximate surface area is 66.7 Å². The fourth-order valence-corrected chi connectivity index (χ4v) is 0.799. The molecule has 0 saturated carbocycles. The van der Waals surface area contributed by atoms with E-state index in [0.717, 1.165) is 23.5 Å². The summed E-state index contributed by atoms with van der Waals surface area (Å²) in [5, 5.41) is 0. The Morgan fingerprint density at radius 1 is 1.82 bits per heavy atom. The molecule has 2 nitrogen and oxygen atoms in total. The molecule has 1 heterocycles. The molecule has 2 heteroatoms. The standard InChI is InChI=1S/C9H12N2/c1-4-7(3)9-10-6-8(5-2)11-9/h4,6H,1,3,5H2,2H3,(H,10,11). The van der Waals surface area contributed by atoms with Gasteiger partial charge in [0.25, 0.3) is 0 Å². The van der Waals surface area contributed by atoms with Crippen molar-refractivity contribution in [1.82, 2.24) is 9.97 Å². The number of aromatic amines is 1. The van der Waals surface area contributed by atoms with Crippen molar-refractivity contribution in [3.05, 3.63) is 36.9 Å². The van der Waals surface area contributed by atoms with Crippen molar-refractivity contribution in [2.45, 2.75) is 13.3 Å². The van der Waals surface area contributed by atoms with Crippen LogP contribution < -0.4 is 0 Å². The lowest BCUT2D eigenvalue weighted by Gasteiger charge is -1.91. The number of aromatic nitrogens is 2. The van der Waals surface area contributed by atoms with E-state index in [1.165, 1.54) is 0 Å². The highest BCUT2D eigenvalue weighted by Crippen LogP contribution is 2.08. The molecule has 1 aromatic rings. The summed E-state index contributed by atoms with van der Waals surface area (Å²) in [6.07, 6.45) is 4.49. The van der Waals surface area contributed by atoms with Crippen LogP contribution in [0.1, 0.15) is 18.4 Å². The number of H-pyrrole nitrogens is 1. The van der Waals surface area contributed by atoms with Gasteiger partial charge >= 0.3 is 0 Å². The molecule has 1 aromatic heterocycles. The van der Waals surface area contributed by atoms with E-state index in [1.54, 1.807) is 6.08 Å². The molecule has 0 radical (unpaired) electrons. The Bertz CT molecular complexity index is 271. The molecule has 0 aliphatic heterocycles. The van der Waals surface area contributed by atoms with Crippen LogP contribution in [-0.4, -0.2) is 9.97 Å². The van der Waals surface area contributed by atoms with E-state index in [9.17, 15) is 0 Å². The lowest BCUT2D eigenvalue weighted by atomic mass is 10.3. The molecule has 0 unspecified atom stereocenters. The molecule has 1 rings (SSSR count). The molecular weight excluding hydrogens is 136 g/mol. The summed E-state index contributed by atoms with van der Waals surface area (Å²) in [4.78, 5) is 7.26. The number of hydrogen-bond acceptors (Lipinski definition) is 1. The summed E-state index contributed by atoms with van der Waals surface area (Å²) < 4.78 is 0. The van der Waals surface area contributed by atoms with E-state index in [1.807, 2.05) is 6.20 Å². The summed E-state index contributed by atoms with van der Waals surface area (Å²) in [5.74, 6) is 0.817. The number of aryl methyl sites for hydroxylation is 1. The third kappa shape index (κ3) is 1.58. The van der Waals surface area contributed by atoms with Crippen LogP contribution in [0.5, 0.6) is 0 Å². The predicted octanol–water partition coefficient (Wildman–Crippen LogP) is 2.17. The second-order valence-corrected chi connectivity index (χ2v) is 2.34. The molecule has 0 saturated heterocycles. The van der Waals surface area contributed by atoms with Crippen LogP contribution in [0.15, 0.2) is 25.4 Å². The number of hydrogen-bond donors (Lipinski definition) is 1. The molecule has 0 amide bonds. The number of allylic oxidation sites excluding steroid dienone is 2. The van der Waals surface area contributed by atoms with Crippen LogP contribution in [0.25, 0.3) is 5.57 Å². The van der Waals surface area contributed by atoms with Gasteiger partial charge in [-0.05, 0) is 6.42 Å². The molecule has 58 valence electrons. The molecule has 0 bridgehead atoms. The fourth-order valence-electron chi connectivity index (χ4n) is 0.799. The normalized spacial score (nSPS) is 9.55. The fraction of sp³-hybridized carbons (Fsp3) is 0.222. The first-order valence-electron chi connectivity index (χ1n) is 3.63. The summed E-state index contributed by atoms with van der Waals surface area (Å²) >= 11 is 0. The minimum Gasteiger partial charge on any atom is -0.342 e. The molecule has 11 heavy (non-hydrogen) atoms. The average molecular weight is 148 g/mol. The summed E-state index contributed by atoms with van der Waals surface area (Å²) in [6, 6.07) is 0. The van der Waals surface area contributed by atoms with E-state index < -0.39 is 0 Å². The Balaban J connectivity index is 2.88. The number of rotatable bonds is 3. The Hall–Kier alpha value is -1.31. The van der Waals surface area contributed by atoms with Crippen molar-refractivity contribution in [2.24, 2.45) is 0 Å². The molecule has 0 aliphatic rings. The highest BCUT2D eigenvalue weighted by atomic mass is 14.9. The van der Waals surface area contributed by atoms with Crippen LogP contribution in [-0.2, 0) is 6.42 Å². The molecule has 0 aliphatic carbocycles. The van der Waals surface area contributed by atoms with Crippen molar-refractivity contribution in [2.75, 3.05) is 0 Å². The van der Waals surface area contributed by atoms with Crippen LogP contribution in [0, 0.1) is 0 Å². The van der Waals surface area contributed by atoms with Gasteiger partial charge in [-0.1, -0.05) is 26.2 Å². The predicted molar refractivity (Wildman–Crippen MR) is 47.2 cm³/mol. The van der Waals surface area contributed by atoms with Crippen molar-refractivity contribution in [3.63, 3.8) is 0 Å². The van der Waals surface area contributed by atoms with E-state index in [-0.39, 0.29) is 0 Å². The van der Waals surface area contributed by atoms with E-state index >= 15 is 0 Å². The van der Waals surface area contributed by atoms with E-state index in [4.69, 9.17) is 0 Å². The largest absolute Gasteiger partial charge is 0.342 e. The minimum atomic E-state index is 0.817. The second-order valence-electron chi connectivity index (χ2n) is 2.34. The lowest BCUT2D eigenvalue weighted by molar-refractivity contribution is 1.06. The molecule has 0 spiro atoms. The van der Waals surface area contributed by atoms with Gasteiger partial charge < -0.3 is 4.98 Å². The van der Waals surface area contributed by atoms with Gasteiger partial charge in [0.2, 0.25) is 0 Å². The van der Waals surface area contributed by atoms with Crippen molar-refractivity contribution in [1.29, 1.82) is 0 Å². The Kier molecular flexibility index (Phi) is 2.26. The minimum absolute atomic E-state index is 0.817. The molecule has 0 fully saturated rings. The average Bonchev–Trinajstić information content (AvgIpc) is 2.50. The number of nitrogens with zero attached hydrogens (tertiary/aromatic N) is 1. The summed E-state index contributed by atoms with van der Waals surface area (Å²) in [5.41, 5.74) is 1.97. The zero-order chi connectivity index (χ0) is 8.27. The van der Waals surface area contributed by atoms with Gasteiger partial charge in [-0.15, -0.1) is 0 Å². The van der Waals surface area contributed by atoms with Gasteiger partial charge in [-0.25, -0.2) is 4.98 Å². The zero-order valence-electron chi connectivity index (χ0n) is 6.72. The van der Waals surface area contributed by atoms with E-state index in [2.05, 4.69) is 30.0 Å². The smallest absolute Gasteiger partial charge is 0.136 e. The first-order valence-corrected chi connectivity index (χ1v) is 3.63. The maximum atomic E-state index is 4.13. The second kappa shape index (κ2) is 3.19. The summed E-state index contributed by atoms with van der Waals surface area (Å²) in [7, 11) is 0. The summed E-state index contributed by atoms with van der Waals surface area (Å²) in [6.45, 7) is 9.47. The maximum absolute atomic E-state index is 4.13.